The van der Waals surface area contributed by atoms with Crippen LogP contribution in [0, 0.1) is 32.5 Å². The summed E-state index contributed by atoms with van der Waals surface area (Å²) in [7, 11) is 0. The van der Waals surface area contributed by atoms with Gasteiger partial charge in [0.2, 0.25) is 0 Å². The summed E-state index contributed by atoms with van der Waals surface area (Å²) >= 11 is 0. The number of ether oxygens (including phenoxy) is 14. The Morgan fingerprint density at radius 2 is 0.678 bits per heavy atom. The van der Waals surface area contributed by atoms with Crippen LogP contribution in [-0.4, -0.2) is 146 Å². The summed E-state index contributed by atoms with van der Waals surface area (Å²) in [6.45, 7) is 29.6. The second-order valence-corrected chi connectivity index (χ2v) is 29.5. The first-order chi connectivity index (χ1) is 41.7. The molecular weight excluding hydrogens is 1160 g/mol. The van der Waals surface area contributed by atoms with Crippen LogP contribution in [-0.2, 0) is 115 Å². The van der Waals surface area contributed by atoms with Gasteiger partial charge >= 0.3 is 35.8 Å². The van der Waals surface area contributed by atoms with Gasteiger partial charge in [0.15, 0.2) is 43.3 Å². The maximum absolute atomic E-state index is 14.8. The van der Waals surface area contributed by atoms with Gasteiger partial charge in [0.25, 0.3) is 0 Å². The molecule has 0 radical (unpaired) electrons. The smallest absolute Gasteiger partial charge is 0.311 e. The minimum Gasteiger partial charge on any atom is -0.462 e. The largest absolute Gasteiger partial charge is 0.462 e. The minimum absolute atomic E-state index is 0.0141. The van der Waals surface area contributed by atoms with Gasteiger partial charge in [-0.3, -0.25) is 28.8 Å². The molecule has 0 aliphatic carbocycles. The van der Waals surface area contributed by atoms with Crippen LogP contribution in [0.25, 0.3) is 0 Å². The SMILES string of the molecule is C[C@H]1O[C@H](O[C@H]2[C@@H](OC(=O)C(C)(C)C)[C@@H](COC(=O)C(C)(C)C)O[C@@H](O[C@H]3[C@H](OC(=O)C(C)(C)C)[C@@H](OC(=O)C(C)(C)C)[C@H](O)O[C@@H]3COC(=O)C(C)(C)C)[C@@H]2OC(=O)C(C)(C)C)[C@H](OCc2ccccc2)[C@@H](OCc2ccccc2)[C@H]1OCc1ccccc1. The highest BCUT2D eigenvalue weighted by Gasteiger charge is 2.60. The first-order valence-electron chi connectivity index (χ1n) is 30.8. The van der Waals surface area contributed by atoms with Crippen LogP contribution >= 0.6 is 0 Å². The zero-order valence-corrected chi connectivity index (χ0v) is 56.0. The van der Waals surface area contributed by atoms with Crippen molar-refractivity contribution in [2.75, 3.05) is 13.2 Å². The van der Waals surface area contributed by atoms with Gasteiger partial charge in [-0.15, -0.1) is 0 Å². The van der Waals surface area contributed by atoms with E-state index in [1.807, 2.05) is 91.0 Å². The Balaban J connectivity index is 1.62. The number of benzene rings is 3. The molecule has 1 N–H and O–H groups in total. The molecule has 0 bridgehead atoms. The molecular formula is C69H98O21. The van der Waals surface area contributed by atoms with Crippen molar-refractivity contribution in [2.24, 2.45) is 32.5 Å². The Bertz CT molecular complexity index is 2820. The average molecular weight is 1260 g/mol. The second-order valence-electron chi connectivity index (χ2n) is 29.5. The summed E-state index contributed by atoms with van der Waals surface area (Å²) in [6, 6.07) is 28.4. The van der Waals surface area contributed by atoms with Crippen molar-refractivity contribution in [3.05, 3.63) is 108 Å². The molecule has 21 heteroatoms. The number of aliphatic hydroxyl groups is 1. The van der Waals surface area contributed by atoms with E-state index >= 15 is 0 Å². The third-order valence-electron chi connectivity index (χ3n) is 14.8. The molecule has 0 amide bonds. The summed E-state index contributed by atoms with van der Waals surface area (Å²) < 4.78 is 92.4. The Morgan fingerprint density at radius 3 is 1.08 bits per heavy atom. The molecule has 6 rings (SSSR count). The van der Waals surface area contributed by atoms with Gasteiger partial charge < -0.3 is 71.4 Å². The van der Waals surface area contributed by atoms with Crippen LogP contribution in [0.15, 0.2) is 91.0 Å². The van der Waals surface area contributed by atoms with E-state index in [2.05, 4.69) is 0 Å². The van der Waals surface area contributed by atoms with Crippen LogP contribution in [0.5, 0.6) is 0 Å². The molecule has 3 heterocycles. The standard InChI is InChI=1S/C69H98O21/c1-40-46(77-35-41-29-23-20-24-30-41)49(78-36-42-31-25-21-26-32-42)53(79-37-43-33-27-22-28-34-43)56(82-40)86-51-48(87-60(73)66(8,9)10)45(39-81-59(72)65(5,6)7)84-57(54(51)90-63(76)69(17,18)19)85-47-44(38-80-58(71)64(2,3)4)83-55(70)52(89-62(75)68(14,15)16)50(47)88-61(74)67(11,12)13/h20-34,40,44-57,70H,35-39H2,1-19H3/t40-,44-,45-,46+,47-,48+,49+,50+,51+,52-,53-,54-,55-,56-,57+/m1/s1. The molecule has 0 spiro atoms. The maximum atomic E-state index is 14.8. The molecule has 3 aliphatic heterocycles. The van der Waals surface area contributed by atoms with Crippen LogP contribution in [0.1, 0.15) is 148 Å². The number of hydrogen-bond acceptors (Lipinski definition) is 21. The fourth-order valence-corrected chi connectivity index (χ4v) is 9.24. The monoisotopic (exact) mass is 1260 g/mol. The molecule has 3 aromatic rings. The topological polar surface area (TPSA) is 252 Å². The van der Waals surface area contributed by atoms with E-state index < -0.39 is 174 Å². The third kappa shape index (κ3) is 20.3. The van der Waals surface area contributed by atoms with Crippen LogP contribution in [0.2, 0.25) is 0 Å². The second kappa shape index (κ2) is 30.3. The molecule has 21 nitrogen and oxygen atoms in total. The van der Waals surface area contributed by atoms with Gasteiger partial charge in [-0.25, -0.2) is 0 Å². The van der Waals surface area contributed by atoms with E-state index in [0.29, 0.717) is 0 Å². The molecule has 3 aromatic carbocycles. The summed E-state index contributed by atoms with van der Waals surface area (Å²) in [4.78, 5) is 85.2. The van der Waals surface area contributed by atoms with Crippen LogP contribution < -0.4 is 0 Å². The number of hydrogen-bond donors (Lipinski definition) is 1. The molecule has 0 saturated carbocycles. The van der Waals surface area contributed by atoms with Crippen molar-refractivity contribution in [1.82, 2.24) is 0 Å². The lowest BCUT2D eigenvalue weighted by Crippen LogP contribution is -2.69. The van der Waals surface area contributed by atoms with E-state index in [1.165, 1.54) is 0 Å². The predicted octanol–water partition coefficient (Wildman–Crippen LogP) is 9.71. The van der Waals surface area contributed by atoms with Crippen LogP contribution in [0.3, 0.4) is 0 Å². The molecule has 90 heavy (non-hydrogen) atoms. The van der Waals surface area contributed by atoms with Crippen molar-refractivity contribution < 1.29 is 100 Å². The average Bonchev–Trinajstić information content (AvgIpc) is 1.02. The van der Waals surface area contributed by atoms with Gasteiger partial charge in [0.05, 0.1) is 58.4 Å². The Labute approximate surface area is 530 Å². The number of esters is 6. The lowest BCUT2D eigenvalue weighted by atomic mass is 9.92. The third-order valence-corrected chi connectivity index (χ3v) is 14.8. The van der Waals surface area contributed by atoms with Gasteiger partial charge in [-0.05, 0) is 148 Å². The molecule has 0 unspecified atom stereocenters. The quantitative estimate of drug-likeness (QED) is 0.0769. The van der Waals surface area contributed by atoms with Crippen LogP contribution in [0.4, 0.5) is 0 Å². The van der Waals surface area contributed by atoms with E-state index in [4.69, 9.17) is 66.3 Å². The molecule has 15 atom stereocenters. The maximum Gasteiger partial charge on any atom is 0.311 e. The predicted molar refractivity (Wildman–Crippen MR) is 327 cm³/mol. The Hall–Kier alpha value is -5.88. The van der Waals surface area contributed by atoms with Gasteiger partial charge in [-0.2, -0.15) is 0 Å². The lowest BCUT2D eigenvalue weighted by Gasteiger charge is -2.51. The molecule has 3 saturated heterocycles. The first-order valence-corrected chi connectivity index (χ1v) is 30.8. The van der Waals surface area contributed by atoms with Crippen molar-refractivity contribution in [3.8, 4) is 0 Å². The summed E-state index contributed by atoms with van der Waals surface area (Å²) in [5, 5.41) is 11.9. The summed E-state index contributed by atoms with van der Waals surface area (Å²) in [5.74, 6) is -4.69. The highest BCUT2D eigenvalue weighted by molar-refractivity contribution is 5.78. The zero-order chi connectivity index (χ0) is 66.9. The summed E-state index contributed by atoms with van der Waals surface area (Å²) in [6.07, 6.45) is -23.3. The number of rotatable bonds is 21. The van der Waals surface area contributed by atoms with E-state index in [1.54, 1.807) is 132 Å². The first kappa shape index (κ1) is 73.2. The highest BCUT2D eigenvalue weighted by Crippen LogP contribution is 2.41. The molecule has 3 aliphatic rings. The molecule has 3 fully saturated rings. The van der Waals surface area contributed by atoms with Crippen molar-refractivity contribution in [3.63, 3.8) is 0 Å². The van der Waals surface area contributed by atoms with E-state index in [0.717, 1.165) is 16.7 Å². The van der Waals surface area contributed by atoms with Gasteiger partial charge in [-0.1, -0.05) is 91.0 Å². The minimum atomic E-state index is -2.04. The number of aliphatic hydroxyl groups excluding tert-OH is 1. The highest BCUT2D eigenvalue weighted by atomic mass is 16.8. The summed E-state index contributed by atoms with van der Waals surface area (Å²) in [5.41, 5.74) is -4.58. The van der Waals surface area contributed by atoms with E-state index in [9.17, 15) is 33.9 Å². The number of carbonyl (C=O) groups is 6. The zero-order valence-electron chi connectivity index (χ0n) is 56.0. The Kier molecular flexibility index (Phi) is 24.6. The normalized spacial score (nSPS) is 27.8. The fourth-order valence-electron chi connectivity index (χ4n) is 9.24. The van der Waals surface area contributed by atoms with Gasteiger partial charge in [0.1, 0.15) is 55.9 Å². The molecule has 500 valence electrons. The Morgan fingerprint density at radius 1 is 0.356 bits per heavy atom. The van der Waals surface area contributed by atoms with Crippen molar-refractivity contribution in [2.45, 2.75) is 243 Å². The van der Waals surface area contributed by atoms with E-state index in [-0.39, 0.29) is 19.8 Å². The number of carbonyl (C=O) groups excluding carboxylic acids is 6. The van der Waals surface area contributed by atoms with Crippen molar-refractivity contribution >= 4 is 35.8 Å². The molecule has 0 aromatic heterocycles. The fraction of sp³-hybridized carbons (Fsp3) is 0.652. The van der Waals surface area contributed by atoms with Crippen molar-refractivity contribution in [1.29, 1.82) is 0 Å². The van der Waals surface area contributed by atoms with Gasteiger partial charge in [0, 0.05) is 0 Å². The lowest BCUT2D eigenvalue weighted by molar-refractivity contribution is -0.384.